The molecule has 1 aromatic carbocycles. The molecule has 1 amide bonds. The van der Waals surface area contributed by atoms with Gasteiger partial charge in [-0.25, -0.2) is 0 Å². The second kappa shape index (κ2) is 6.27. The normalized spacial score (nSPS) is 14.9. The number of anilines is 1. The van der Waals surface area contributed by atoms with Gasteiger partial charge in [0.2, 0.25) is 0 Å². The summed E-state index contributed by atoms with van der Waals surface area (Å²) in [4.78, 5) is 12.0. The summed E-state index contributed by atoms with van der Waals surface area (Å²) in [6, 6.07) is 8.03. The molecule has 2 N–H and O–H groups in total. The number of ether oxygens (including phenoxy) is 1. The van der Waals surface area contributed by atoms with E-state index in [-0.39, 0.29) is 11.5 Å². The molecular weight excluding hydrogens is 252 g/mol. The average molecular weight is 276 g/mol. The van der Waals surface area contributed by atoms with E-state index in [1.165, 1.54) is 0 Å². The first-order chi connectivity index (χ1) is 9.50. The Hall–Kier alpha value is -1.55. The molecule has 1 aliphatic rings. The van der Waals surface area contributed by atoms with Gasteiger partial charge in [0, 0.05) is 30.9 Å². The number of hydrogen-bond acceptors (Lipinski definition) is 3. The average Bonchev–Trinajstić information content (AvgIpc) is 3.23. The number of rotatable bonds is 7. The van der Waals surface area contributed by atoms with Gasteiger partial charge in [-0.05, 0) is 51.3 Å². The van der Waals surface area contributed by atoms with E-state index in [4.69, 9.17) is 4.74 Å². The van der Waals surface area contributed by atoms with Crippen LogP contribution in [0.15, 0.2) is 24.3 Å². The molecule has 0 aromatic heterocycles. The lowest BCUT2D eigenvalue weighted by Crippen LogP contribution is -2.26. The van der Waals surface area contributed by atoms with E-state index in [2.05, 4.69) is 24.5 Å². The fourth-order valence-corrected chi connectivity index (χ4v) is 1.88. The van der Waals surface area contributed by atoms with Crippen LogP contribution >= 0.6 is 0 Å². The third-order valence-electron chi connectivity index (χ3n) is 3.65. The van der Waals surface area contributed by atoms with E-state index in [0.717, 1.165) is 31.5 Å². The summed E-state index contributed by atoms with van der Waals surface area (Å²) in [6.45, 7) is 4.94. The van der Waals surface area contributed by atoms with Crippen molar-refractivity contribution in [2.75, 3.05) is 19.0 Å². The number of benzene rings is 1. The molecule has 4 heteroatoms. The third-order valence-corrected chi connectivity index (χ3v) is 3.65. The molecule has 0 unspecified atom stereocenters. The minimum atomic E-state index is -0.131. The summed E-state index contributed by atoms with van der Waals surface area (Å²) in [7, 11) is 1.73. The quantitative estimate of drug-likeness (QED) is 0.805. The molecule has 1 aromatic rings. The van der Waals surface area contributed by atoms with Crippen LogP contribution in [0.2, 0.25) is 0 Å². The van der Waals surface area contributed by atoms with Gasteiger partial charge >= 0.3 is 0 Å². The van der Waals surface area contributed by atoms with Crippen LogP contribution in [0.1, 0.15) is 43.5 Å². The van der Waals surface area contributed by atoms with E-state index in [9.17, 15) is 4.79 Å². The van der Waals surface area contributed by atoms with Crippen LogP contribution in [0.3, 0.4) is 0 Å². The van der Waals surface area contributed by atoms with Crippen molar-refractivity contribution in [2.45, 2.75) is 44.8 Å². The highest BCUT2D eigenvalue weighted by molar-refractivity contribution is 5.95. The van der Waals surface area contributed by atoms with E-state index >= 15 is 0 Å². The fraction of sp³-hybridized carbons (Fsp3) is 0.562. The Balaban J connectivity index is 1.87. The standard InChI is InChI=1S/C16H24N2O2/c1-16(2,20-3)9-10-17-14-6-4-5-12(11-14)15(19)18-13-7-8-13/h4-6,11,13,17H,7-10H2,1-3H3,(H,18,19). The van der Waals surface area contributed by atoms with Gasteiger partial charge in [-0.15, -0.1) is 0 Å². The predicted molar refractivity (Wildman–Crippen MR) is 81.1 cm³/mol. The lowest BCUT2D eigenvalue weighted by molar-refractivity contribution is 0.0185. The lowest BCUT2D eigenvalue weighted by atomic mass is 10.1. The SMILES string of the molecule is COC(C)(C)CCNc1cccc(C(=O)NC2CC2)c1. The monoisotopic (exact) mass is 276 g/mol. The summed E-state index contributed by atoms with van der Waals surface area (Å²) in [5, 5.41) is 6.34. The molecule has 110 valence electrons. The molecule has 0 spiro atoms. The predicted octanol–water partition coefficient (Wildman–Crippen LogP) is 2.81. The number of nitrogens with one attached hydrogen (secondary N) is 2. The molecule has 0 heterocycles. The summed E-state index contributed by atoms with van der Waals surface area (Å²) in [5.41, 5.74) is 1.56. The lowest BCUT2D eigenvalue weighted by Gasteiger charge is -2.23. The molecule has 0 bridgehead atoms. The van der Waals surface area contributed by atoms with Crippen molar-refractivity contribution in [3.05, 3.63) is 29.8 Å². The fourth-order valence-electron chi connectivity index (χ4n) is 1.88. The van der Waals surface area contributed by atoms with E-state index in [0.29, 0.717) is 11.6 Å². The van der Waals surface area contributed by atoms with Crippen molar-refractivity contribution in [2.24, 2.45) is 0 Å². The molecule has 0 atom stereocenters. The van der Waals surface area contributed by atoms with E-state index in [1.54, 1.807) is 7.11 Å². The Bertz CT molecular complexity index is 467. The zero-order chi connectivity index (χ0) is 14.6. The first-order valence-corrected chi connectivity index (χ1v) is 7.20. The number of hydrogen-bond donors (Lipinski definition) is 2. The van der Waals surface area contributed by atoms with Crippen molar-refractivity contribution < 1.29 is 9.53 Å². The summed E-state index contributed by atoms with van der Waals surface area (Å²) < 4.78 is 5.38. The molecule has 1 saturated carbocycles. The maximum atomic E-state index is 12.0. The highest BCUT2D eigenvalue weighted by Crippen LogP contribution is 2.20. The Morgan fingerprint density at radius 3 is 2.80 bits per heavy atom. The Kier molecular flexibility index (Phi) is 4.65. The third kappa shape index (κ3) is 4.53. The molecule has 0 radical (unpaired) electrons. The number of carbonyl (C=O) groups is 1. The highest BCUT2D eigenvalue weighted by Gasteiger charge is 2.23. The van der Waals surface area contributed by atoms with Crippen molar-refractivity contribution in [1.29, 1.82) is 0 Å². The van der Waals surface area contributed by atoms with Gasteiger partial charge in [-0.2, -0.15) is 0 Å². The van der Waals surface area contributed by atoms with Gasteiger partial charge in [-0.3, -0.25) is 4.79 Å². The van der Waals surface area contributed by atoms with Gasteiger partial charge in [0.1, 0.15) is 0 Å². The van der Waals surface area contributed by atoms with Crippen LogP contribution in [0.25, 0.3) is 0 Å². The Morgan fingerprint density at radius 1 is 1.40 bits per heavy atom. The van der Waals surface area contributed by atoms with Crippen molar-refractivity contribution in [3.8, 4) is 0 Å². The summed E-state index contributed by atoms with van der Waals surface area (Å²) in [6.07, 6.45) is 3.12. The van der Waals surface area contributed by atoms with Gasteiger partial charge in [-0.1, -0.05) is 6.07 Å². The maximum absolute atomic E-state index is 12.0. The highest BCUT2D eigenvalue weighted by atomic mass is 16.5. The molecule has 1 aliphatic carbocycles. The zero-order valence-corrected chi connectivity index (χ0v) is 12.5. The first kappa shape index (κ1) is 14.9. The molecule has 0 saturated heterocycles. The zero-order valence-electron chi connectivity index (χ0n) is 12.5. The Morgan fingerprint density at radius 2 is 2.15 bits per heavy atom. The second-order valence-corrected chi connectivity index (χ2v) is 5.97. The molecule has 4 nitrogen and oxygen atoms in total. The molecule has 1 fully saturated rings. The number of methoxy groups -OCH3 is 1. The van der Waals surface area contributed by atoms with E-state index in [1.807, 2.05) is 24.3 Å². The van der Waals surface area contributed by atoms with Crippen molar-refractivity contribution in [1.82, 2.24) is 5.32 Å². The van der Waals surface area contributed by atoms with Crippen LogP contribution in [0, 0.1) is 0 Å². The minimum absolute atomic E-state index is 0.0216. The molecule has 20 heavy (non-hydrogen) atoms. The largest absolute Gasteiger partial charge is 0.385 e. The Labute approximate surface area is 120 Å². The smallest absolute Gasteiger partial charge is 0.251 e. The van der Waals surface area contributed by atoms with Gasteiger partial charge in [0.15, 0.2) is 0 Å². The van der Waals surface area contributed by atoms with Crippen LogP contribution in [-0.2, 0) is 4.74 Å². The van der Waals surface area contributed by atoms with Crippen molar-refractivity contribution in [3.63, 3.8) is 0 Å². The molecular formula is C16H24N2O2. The van der Waals surface area contributed by atoms with E-state index < -0.39 is 0 Å². The van der Waals surface area contributed by atoms with Gasteiger partial charge in [0.05, 0.1) is 5.60 Å². The van der Waals surface area contributed by atoms with Crippen LogP contribution in [0.5, 0.6) is 0 Å². The van der Waals surface area contributed by atoms with Gasteiger partial charge in [0.25, 0.3) is 5.91 Å². The number of amides is 1. The molecule has 2 rings (SSSR count). The maximum Gasteiger partial charge on any atom is 0.251 e. The first-order valence-electron chi connectivity index (χ1n) is 7.20. The minimum Gasteiger partial charge on any atom is -0.385 e. The summed E-state index contributed by atoms with van der Waals surface area (Å²) in [5.74, 6) is 0.0216. The number of carbonyl (C=O) groups excluding carboxylic acids is 1. The van der Waals surface area contributed by atoms with Gasteiger partial charge < -0.3 is 15.4 Å². The molecule has 0 aliphatic heterocycles. The van der Waals surface area contributed by atoms with Crippen LogP contribution in [0.4, 0.5) is 5.69 Å². The summed E-state index contributed by atoms with van der Waals surface area (Å²) >= 11 is 0. The van der Waals surface area contributed by atoms with Crippen LogP contribution in [-0.4, -0.2) is 31.2 Å². The second-order valence-electron chi connectivity index (χ2n) is 5.97. The topological polar surface area (TPSA) is 50.4 Å². The van der Waals surface area contributed by atoms with Crippen LogP contribution < -0.4 is 10.6 Å². The van der Waals surface area contributed by atoms with Crippen molar-refractivity contribution >= 4 is 11.6 Å².